The van der Waals surface area contributed by atoms with Crippen LogP contribution in [0.4, 0.5) is 23.2 Å². The summed E-state index contributed by atoms with van der Waals surface area (Å²) in [5.74, 6) is -1.09. The standard InChI is InChI=1S/C23H28F4N2O3S/c1-15(2)21-13-28(18-6-5-17(14-30)22(11-18)33(3,31)32)8-9-29(21)12-16-4-7-19(20(24)10-16)23(25,26)27/h4-7,10-11,15,21,30H,8-9,12-14H2,1-3H3/t21-/m1/s1. The van der Waals surface area contributed by atoms with Crippen molar-refractivity contribution in [1.29, 1.82) is 0 Å². The van der Waals surface area contributed by atoms with Crippen molar-refractivity contribution in [3.05, 3.63) is 58.9 Å². The van der Waals surface area contributed by atoms with Gasteiger partial charge in [-0.2, -0.15) is 13.2 Å². The van der Waals surface area contributed by atoms with E-state index in [-0.39, 0.29) is 23.5 Å². The van der Waals surface area contributed by atoms with Gasteiger partial charge in [0.05, 0.1) is 17.1 Å². The fourth-order valence-corrected chi connectivity index (χ4v) is 5.19. The van der Waals surface area contributed by atoms with Gasteiger partial charge in [0.1, 0.15) is 5.82 Å². The Morgan fingerprint density at radius 1 is 1.12 bits per heavy atom. The average molecular weight is 489 g/mol. The van der Waals surface area contributed by atoms with E-state index in [1.54, 1.807) is 18.2 Å². The normalized spacial score (nSPS) is 18.2. The maximum Gasteiger partial charge on any atom is 0.419 e. The van der Waals surface area contributed by atoms with Crippen molar-refractivity contribution in [2.24, 2.45) is 5.92 Å². The van der Waals surface area contributed by atoms with Crippen molar-refractivity contribution >= 4 is 15.5 Å². The van der Waals surface area contributed by atoms with Gasteiger partial charge in [0.2, 0.25) is 0 Å². The number of benzene rings is 2. The number of rotatable bonds is 6. The van der Waals surface area contributed by atoms with Gasteiger partial charge in [0, 0.05) is 44.2 Å². The molecule has 10 heteroatoms. The monoisotopic (exact) mass is 488 g/mol. The molecule has 2 aromatic carbocycles. The Morgan fingerprint density at radius 2 is 1.82 bits per heavy atom. The molecule has 1 N–H and O–H groups in total. The van der Waals surface area contributed by atoms with E-state index in [1.165, 1.54) is 6.07 Å². The summed E-state index contributed by atoms with van der Waals surface area (Å²) in [4.78, 5) is 4.26. The highest BCUT2D eigenvalue weighted by molar-refractivity contribution is 7.90. The third kappa shape index (κ3) is 5.85. The van der Waals surface area contributed by atoms with Crippen LogP contribution in [0, 0.1) is 11.7 Å². The summed E-state index contributed by atoms with van der Waals surface area (Å²) in [6.07, 6.45) is -3.63. The van der Waals surface area contributed by atoms with Crippen LogP contribution in [0.3, 0.4) is 0 Å². The highest BCUT2D eigenvalue weighted by Crippen LogP contribution is 2.32. The van der Waals surface area contributed by atoms with Gasteiger partial charge in [0.25, 0.3) is 0 Å². The van der Waals surface area contributed by atoms with Gasteiger partial charge in [0.15, 0.2) is 9.84 Å². The molecule has 182 valence electrons. The van der Waals surface area contributed by atoms with Crippen LogP contribution < -0.4 is 4.90 Å². The number of nitrogens with zero attached hydrogens (tertiary/aromatic N) is 2. The smallest absolute Gasteiger partial charge is 0.392 e. The summed E-state index contributed by atoms with van der Waals surface area (Å²) in [5.41, 5.74) is 0.249. The minimum absolute atomic E-state index is 0.0169. The van der Waals surface area contributed by atoms with Crippen LogP contribution in [0.2, 0.25) is 0 Å². The van der Waals surface area contributed by atoms with E-state index in [9.17, 15) is 31.1 Å². The molecular formula is C23H28F4N2O3S. The second kappa shape index (κ2) is 9.60. The lowest BCUT2D eigenvalue weighted by molar-refractivity contribution is -0.140. The number of sulfone groups is 1. The summed E-state index contributed by atoms with van der Waals surface area (Å²) >= 11 is 0. The van der Waals surface area contributed by atoms with E-state index < -0.39 is 27.4 Å². The number of piperazine rings is 1. The van der Waals surface area contributed by atoms with Gasteiger partial charge >= 0.3 is 6.18 Å². The molecule has 0 saturated carbocycles. The van der Waals surface area contributed by atoms with Crippen LogP contribution in [0.25, 0.3) is 0 Å². The number of halogens is 4. The molecule has 1 heterocycles. The maximum atomic E-state index is 14.0. The van der Waals surface area contributed by atoms with Crippen molar-refractivity contribution in [2.45, 2.75) is 44.1 Å². The number of hydrogen-bond acceptors (Lipinski definition) is 5. The Bertz CT molecular complexity index is 1100. The van der Waals surface area contributed by atoms with Crippen LogP contribution in [0.5, 0.6) is 0 Å². The molecule has 5 nitrogen and oxygen atoms in total. The fourth-order valence-electron chi connectivity index (χ4n) is 4.25. The number of anilines is 1. The van der Waals surface area contributed by atoms with Gasteiger partial charge < -0.3 is 10.0 Å². The van der Waals surface area contributed by atoms with Crippen LogP contribution in [-0.2, 0) is 29.2 Å². The molecule has 1 fully saturated rings. The molecule has 2 aromatic rings. The molecule has 0 aromatic heterocycles. The minimum atomic E-state index is -4.73. The first-order valence-electron chi connectivity index (χ1n) is 10.6. The van der Waals surface area contributed by atoms with Crippen LogP contribution >= 0.6 is 0 Å². The Hall–Kier alpha value is -2.17. The molecule has 1 atom stereocenters. The summed E-state index contributed by atoms with van der Waals surface area (Å²) in [7, 11) is -3.52. The van der Waals surface area contributed by atoms with E-state index in [0.717, 1.165) is 24.1 Å². The number of hydrogen-bond donors (Lipinski definition) is 1. The molecule has 0 bridgehead atoms. The predicted molar refractivity (Wildman–Crippen MR) is 118 cm³/mol. The first-order chi connectivity index (χ1) is 15.3. The molecule has 1 saturated heterocycles. The van der Waals surface area contributed by atoms with Crippen molar-refractivity contribution in [2.75, 3.05) is 30.8 Å². The summed E-state index contributed by atoms with van der Waals surface area (Å²) < 4.78 is 76.9. The third-order valence-corrected chi connectivity index (χ3v) is 7.19. The van der Waals surface area contributed by atoms with Gasteiger partial charge in [-0.1, -0.05) is 26.0 Å². The number of aliphatic hydroxyl groups excluding tert-OH is 1. The SMILES string of the molecule is CC(C)[C@H]1CN(c2ccc(CO)c(S(C)(=O)=O)c2)CCN1Cc1ccc(C(F)(F)F)c(F)c1. The zero-order valence-electron chi connectivity index (χ0n) is 18.7. The summed E-state index contributed by atoms with van der Waals surface area (Å²) in [6.45, 7) is 5.70. The Balaban J connectivity index is 1.81. The minimum Gasteiger partial charge on any atom is -0.392 e. The first-order valence-corrected chi connectivity index (χ1v) is 12.5. The van der Waals surface area contributed by atoms with E-state index >= 15 is 0 Å². The maximum absolute atomic E-state index is 14.0. The van der Waals surface area contributed by atoms with Crippen LogP contribution in [0.15, 0.2) is 41.3 Å². The molecule has 0 radical (unpaired) electrons. The topological polar surface area (TPSA) is 60.9 Å². The van der Waals surface area contributed by atoms with Crippen LogP contribution in [-0.4, -0.2) is 50.4 Å². The van der Waals surface area contributed by atoms with E-state index in [4.69, 9.17) is 0 Å². The van der Waals surface area contributed by atoms with Crippen LogP contribution in [0.1, 0.15) is 30.5 Å². The zero-order chi connectivity index (χ0) is 24.6. The lowest BCUT2D eigenvalue weighted by Gasteiger charge is -2.44. The Labute approximate surface area is 191 Å². The Morgan fingerprint density at radius 3 is 2.36 bits per heavy atom. The number of aliphatic hydroxyl groups is 1. The van der Waals surface area contributed by atoms with Crippen molar-refractivity contribution in [3.63, 3.8) is 0 Å². The van der Waals surface area contributed by atoms with Crippen molar-refractivity contribution in [3.8, 4) is 0 Å². The quantitative estimate of drug-likeness (QED) is 0.621. The van der Waals surface area contributed by atoms with Gasteiger partial charge in [-0.25, -0.2) is 12.8 Å². The second-order valence-corrected chi connectivity index (χ2v) is 10.7. The molecule has 0 spiro atoms. The fraction of sp³-hybridized carbons (Fsp3) is 0.478. The van der Waals surface area contributed by atoms with E-state index in [1.807, 2.05) is 13.8 Å². The Kier molecular flexibility index (Phi) is 7.40. The number of alkyl halides is 3. The zero-order valence-corrected chi connectivity index (χ0v) is 19.5. The van der Waals surface area contributed by atoms with Crippen molar-refractivity contribution < 1.29 is 31.1 Å². The lowest BCUT2D eigenvalue weighted by Crippen LogP contribution is -2.54. The average Bonchev–Trinajstić information content (AvgIpc) is 2.72. The van der Waals surface area contributed by atoms with Crippen molar-refractivity contribution in [1.82, 2.24) is 4.90 Å². The van der Waals surface area contributed by atoms with Gasteiger partial charge in [-0.05, 0) is 41.3 Å². The highest BCUT2D eigenvalue weighted by Gasteiger charge is 2.34. The first kappa shape index (κ1) is 25.5. The molecular weight excluding hydrogens is 460 g/mol. The predicted octanol–water partition coefficient (Wildman–Crippen LogP) is 4.09. The van der Waals surface area contributed by atoms with E-state index in [0.29, 0.717) is 37.3 Å². The molecule has 0 aliphatic carbocycles. The summed E-state index contributed by atoms with van der Waals surface area (Å²) in [5, 5.41) is 9.48. The molecule has 1 aliphatic heterocycles. The van der Waals surface area contributed by atoms with Gasteiger partial charge in [-0.15, -0.1) is 0 Å². The third-order valence-electron chi connectivity index (χ3n) is 6.01. The molecule has 3 rings (SSSR count). The van der Waals surface area contributed by atoms with E-state index in [2.05, 4.69) is 9.80 Å². The molecule has 33 heavy (non-hydrogen) atoms. The molecule has 1 aliphatic rings. The van der Waals surface area contributed by atoms with Gasteiger partial charge in [-0.3, -0.25) is 4.90 Å². The summed E-state index contributed by atoms with van der Waals surface area (Å²) in [6, 6.07) is 8.00. The largest absolute Gasteiger partial charge is 0.419 e. The molecule has 0 amide bonds. The lowest BCUT2D eigenvalue weighted by atomic mass is 9.98. The molecule has 0 unspecified atom stereocenters. The highest BCUT2D eigenvalue weighted by atomic mass is 32.2. The second-order valence-electron chi connectivity index (χ2n) is 8.76.